The van der Waals surface area contributed by atoms with Crippen molar-refractivity contribution in [2.45, 2.75) is 44.1 Å². The van der Waals surface area contributed by atoms with Crippen LogP contribution in [0.25, 0.3) is 0 Å². The molecule has 0 aliphatic heterocycles. The van der Waals surface area contributed by atoms with Gasteiger partial charge in [-0.15, -0.1) is 0 Å². The van der Waals surface area contributed by atoms with Crippen molar-refractivity contribution >= 4 is 11.6 Å². The van der Waals surface area contributed by atoms with Crippen LogP contribution in [0.5, 0.6) is 0 Å². The summed E-state index contributed by atoms with van der Waals surface area (Å²) < 4.78 is 1.30. The fourth-order valence-corrected chi connectivity index (χ4v) is 5.39. The van der Waals surface area contributed by atoms with Crippen LogP contribution < -0.4 is 5.32 Å². The number of carbonyl (C=O) groups is 1. The normalized spacial score (nSPS) is 35.6. The van der Waals surface area contributed by atoms with Crippen LogP contribution in [-0.2, 0) is 7.05 Å². The Balaban J connectivity index is 1.60. The molecule has 1 heterocycles. The largest absolute Gasteiger partial charge is 0.345 e. The summed E-state index contributed by atoms with van der Waals surface area (Å²) in [6.45, 7) is 0. The molecular formula is C15H20N4O3. The molecule has 7 heteroatoms. The van der Waals surface area contributed by atoms with Crippen LogP contribution in [0.1, 0.15) is 49.0 Å². The molecule has 4 fully saturated rings. The number of hydrogen-bond donors (Lipinski definition) is 1. The van der Waals surface area contributed by atoms with Crippen molar-refractivity contribution in [3.63, 3.8) is 0 Å². The molecule has 0 spiro atoms. The Kier molecular flexibility index (Phi) is 2.83. The van der Waals surface area contributed by atoms with Gasteiger partial charge in [0.05, 0.1) is 4.92 Å². The molecule has 4 bridgehead atoms. The average Bonchev–Trinajstić information content (AvgIpc) is 2.78. The van der Waals surface area contributed by atoms with E-state index >= 15 is 0 Å². The van der Waals surface area contributed by atoms with Gasteiger partial charge in [0, 0.05) is 12.6 Å². The lowest BCUT2D eigenvalue weighted by molar-refractivity contribution is -0.385. The molecule has 1 aromatic rings. The minimum Gasteiger partial charge on any atom is -0.345 e. The summed E-state index contributed by atoms with van der Waals surface area (Å²) in [5.41, 5.74) is -0.310. The number of rotatable bonds is 3. The highest BCUT2D eigenvalue weighted by molar-refractivity contribution is 5.96. The van der Waals surface area contributed by atoms with Crippen molar-refractivity contribution in [1.82, 2.24) is 15.1 Å². The van der Waals surface area contributed by atoms with Gasteiger partial charge in [0.1, 0.15) is 6.20 Å². The molecule has 118 valence electrons. The minimum atomic E-state index is -0.540. The summed E-state index contributed by atoms with van der Waals surface area (Å²) in [5, 5.41) is 18.1. The van der Waals surface area contributed by atoms with Crippen LogP contribution in [-0.4, -0.2) is 26.1 Å². The van der Waals surface area contributed by atoms with Gasteiger partial charge in [0.15, 0.2) is 0 Å². The highest BCUT2D eigenvalue weighted by Gasteiger charge is 2.52. The van der Waals surface area contributed by atoms with E-state index in [1.54, 1.807) is 7.05 Å². The Morgan fingerprint density at radius 1 is 1.32 bits per heavy atom. The lowest BCUT2D eigenvalue weighted by atomic mass is 9.53. The number of amides is 1. The van der Waals surface area contributed by atoms with E-state index in [4.69, 9.17) is 0 Å². The number of aryl methyl sites for hydroxylation is 1. The SMILES string of the molecule is Cn1ncc([N+](=O)[O-])c1C(=O)NC12CC3CC(CC(C3)C1)C2. The van der Waals surface area contributed by atoms with E-state index in [0.29, 0.717) is 17.8 Å². The third-order valence-electron chi connectivity index (χ3n) is 5.75. The Morgan fingerprint density at radius 3 is 2.36 bits per heavy atom. The topological polar surface area (TPSA) is 90.1 Å². The van der Waals surface area contributed by atoms with Gasteiger partial charge in [-0.25, -0.2) is 0 Å². The summed E-state index contributed by atoms with van der Waals surface area (Å²) in [7, 11) is 1.57. The van der Waals surface area contributed by atoms with Crippen LogP contribution in [0.4, 0.5) is 5.69 Å². The van der Waals surface area contributed by atoms with Crippen LogP contribution >= 0.6 is 0 Å². The molecule has 1 N–H and O–H groups in total. The lowest BCUT2D eigenvalue weighted by Gasteiger charge is -2.56. The minimum absolute atomic E-state index is 0.0562. The zero-order valence-electron chi connectivity index (χ0n) is 12.6. The molecule has 0 atom stereocenters. The molecule has 1 aromatic heterocycles. The molecule has 1 amide bonds. The molecule has 0 saturated heterocycles. The van der Waals surface area contributed by atoms with Crippen molar-refractivity contribution in [3.05, 3.63) is 22.0 Å². The van der Waals surface area contributed by atoms with Crippen molar-refractivity contribution in [2.24, 2.45) is 24.8 Å². The molecule has 0 unspecified atom stereocenters. The number of hydrogen-bond acceptors (Lipinski definition) is 4. The van der Waals surface area contributed by atoms with E-state index in [0.717, 1.165) is 25.5 Å². The molecule has 0 aromatic carbocycles. The van der Waals surface area contributed by atoms with Crippen molar-refractivity contribution in [3.8, 4) is 0 Å². The Bertz CT molecular complexity index is 616. The molecule has 4 aliphatic rings. The molecular weight excluding hydrogens is 284 g/mol. The molecule has 5 rings (SSSR count). The van der Waals surface area contributed by atoms with Gasteiger partial charge < -0.3 is 5.32 Å². The van der Waals surface area contributed by atoms with Gasteiger partial charge in [-0.3, -0.25) is 19.6 Å². The van der Waals surface area contributed by atoms with Gasteiger partial charge in [-0.05, 0) is 56.3 Å². The predicted molar refractivity (Wildman–Crippen MR) is 78.2 cm³/mol. The summed E-state index contributed by atoms with van der Waals surface area (Å²) in [6, 6.07) is 0. The second-order valence-electron chi connectivity index (χ2n) is 7.41. The maximum Gasteiger partial charge on any atom is 0.320 e. The summed E-state index contributed by atoms with van der Waals surface area (Å²) >= 11 is 0. The van der Waals surface area contributed by atoms with Crippen LogP contribution in [0.2, 0.25) is 0 Å². The second-order valence-corrected chi connectivity index (χ2v) is 7.41. The fourth-order valence-electron chi connectivity index (χ4n) is 5.39. The third-order valence-corrected chi connectivity index (χ3v) is 5.75. The van der Waals surface area contributed by atoms with E-state index in [1.807, 2.05) is 0 Å². The molecule has 7 nitrogen and oxygen atoms in total. The van der Waals surface area contributed by atoms with Crippen molar-refractivity contribution < 1.29 is 9.72 Å². The number of aromatic nitrogens is 2. The van der Waals surface area contributed by atoms with Gasteiger partial charge >= 0.3 is 5.69 Å². The Hall–Kier alpha value is -1.92. The van der Waals surface area contributed by atoms with Gasteiger partial charge in [-0.2, -0.15) is 5.10 Å². The Labute approximate surface area is 128 Å². The zero-order chi connectivity index (χ0) is 15.5. The highest BCUT2D eigenvalue weighted by Crippen LogP contribution is 2.55. The Morgan fingerprint density at radius 2 is 1.86 bits per heavy atom. The van der Waals surface area contributed by atoms with Crippen molar-refractivity contribution in [2.75, 3.05) is 0 Å². The summed E-state index contributed by atoms with van der Waals surface area (Å²) in [5.74, 6) is 1.79. The second kappa shape index (κ2) is 4.54. The lowest BCUT2D eigenvalue weighted by Crippen LogP contribution is -2.60. The van der Waals surface area contributed by atoms with E-state index in [-0.39, 0.29) is 22.8 Å². The summed E-state index contributed by atoms with van der Waals surface area (Å²) in [6.07, 6.45) is 8.10. The number of carbonyl (C=O) groups excluding carboxylic acids is 1. The first kappa shape index (κ1) is 13.7. The van der Waals surface area contributed by atoms with E-state index in [1.165, 1.54) is 23.9 Å². The standard InChI is InChI=1S/C15H20N4O3/c1-18-13(12(8-16-18)19(21)22)14(20)17-15-5-9-2-10(6-15)4-11(3-9)7-15/h8-11H,2-7H2,1H3,(H,17,20). The van der Waals surface area contributed by atoms with Gasteiger partial charge in [0.2, 0.25) is 5.69 Å². The van der Waals surface area contributed by atoms with Crippen molar-refractivity contribution in [1.29, 1.82) is 0 Å². The van der Waals surface area contributed by atoms with Crippen LogP contribution in [0.3, 0.4) is 0 Å². The predicted octanol–water partition coefficient (Wildman–Crippen LogP) is 2.03. The van der Waals surface area contributed by atoms with Crippen LogP contribution in [0, 0.1) is 27.9 Å². The first-order chi connectivity index (χ1) is 10.5. The van der Waals surface area contributed by atoms with E-state index < -0.39 is 4.92 Å². The maximum absolute atomic E-state index is 12.7. The van der Waals surface area contributed by atoms with E-state index in [9.17, 15) is 14.9 Å². The van der Waals surface area contributed by atoms with E-state index in [2.05, 4.69) is 10.4 Å². The molecule has 4 saturated carbocycles. The maximum atomic E-state index is 12.7. The summed E-state index contributed by atoms with van der Waals surface area (Å²) in [4.78, 5) is 23.2. The zero-order valence-corrected chi connectivity index (χ0v) is 12.6. The number of nitrogens with zero attached hydrogens (tertiary/aromatic N) is 3. The third kappa shape index (κ3) is 2.02. The van der Waals surface area contributed by atoms with Gasteiger partial charge in [-0.1, -0.05) is 0 Å². The van der Waals surface area contributed by atoms with Crippen LogP contribution in [0.15, 0.2) is 6.20 Å². The number of nitro groups is 1. The molecule has 22 heavy (non-hydrogen) atoms. The highest BCUT2D eigenvalue weighted by atomic mass is 16.6. The van der Waals surface area contributed by atoms with Gasteiger partial charge in [0.25, 0.3) is 5.91 Å². The number of nitrogens with one attached hydrogen (secondary N) is 1. The quantitative estimate of drug-likeness (QED) is 0.683. The smallest absolute Gasteiger partial charge is 0.320 e. The molecule has 0 radical (unpaired) electrons. The first-order valence-electron chi connectivity index (χ1n) is 7.95. The molecule has 4 aliphatic carbocycles. The average molecular weight is 304 g/mol. The monoisotopic (exact) mass is 304 g/mol. The first-order valence-corrected chi connectivity index (χ1v) is 7.95. The fraction of sp³-hybridized carbons (Fsp3) is 0.733.